The Kier molecular flexibility index (Phi) is 12.3. The molecule has 188 valence electrons. The first-order valence-corrected chi connectivity index (χ1v) is 10.7. The maximum Gasteiger partial charge on any atom is 0.302 e. The van der Waals surface area contributed by atoms with Gasteiger partial charge in [-0.3, -0.25) is 24.0 Å². The molecule has 0 atom stereocenters. The number of esters is 4. The number of ketones is 1. The molecule has 0 aliphatic heterocycles. The Morgan fingerprint density at radius 1 is 0.676 bits per heavy atom. The van der Waals surface area contributed by atoms with Crippen molar-refractivity contribution in [3.8, 4) is 5.75 Å². The minimum Gasteiger partial charge on any atom is -0.486 e. The van der Waals surface area contributed by atoms with Gasteiger partial charge in [-0.05, 0) is 24.6 Å². The fraction of sp³-hybridized carbons (Fsp3) is 0.542. The van der Waals surface area contributed by atoms with Crippen LogP contribution in [0.3, 0.4) is 0 Å². The monoisotopic (exact) mass is 480 g/mol. The van der Waals surface area contributed by atoms with E-state index in [2.05, 4.69) is 0 Å². The smallest absolute Gasteiger partial charge is 0.302 e. The van der Waals surface area contributed by atoms with Crippen LogP contribution in [0.15, 0.2) is 24.3 Å². The Hall–Kier alpha value is -3.43. The van der Waals surface area contributed by atoms with E-state index in [1.165, 1.54) is 34.6 Å². The van der Waals surface area contributed by atoms with Crippen molar-refractivity contribution in [3.63, 3.8) is 0 Å². The lowest BCUT2D eigenvalue weighted by atomic mass is 9.77. The first kappa shape index (κ1) is 28.6. The highest BCUT2D eigenvalue weighted by atomic mass is 16.6. The minimum atomic E-state index is -0.577. The minimum absolute atomic E-state index is 0.109. The summed E-state index contributed by atoms with van der Waals surface area (Å²) in [5.41, 5.74) is 0.662. The van der Waals surface area contributed by atoms with Crippen LogP contribution in [-0.2, 0) is 42.9 Å². The van der Waals surface area contributed by atoms with Crippen LogP contribution < -0.4 is 4.74 Å². The number of hydrogen-bond donors (Lipinski definition) is 0. The molecule has 0 bridgehead atoms. The van der Waals surface area contributed by atoms with E-state index in [4.69, 9.17) is 23.7 Å². The van der Waals surface area contributed by atoms with Crippen molar-refractivity contribution in [2.75, 3.05) is 33.0 Å². The molecule has 0 unspecified atom stereocenters. The fourth-order valence-corrected chi connectivity index (χ4v) is 3.33. The van der Waals surface area contributed by atoms with Crippen molar-refractivity contribution in [2.24, 2.45) is 11.8 Å². The Morgan fingerprint density at radius 3 is 1.44 bits per heavy atom. The number of hydrogen-bond acceptors (Lipinski definition) is 10. The van der Waals surface area contributed by atoms with Gasteiger partial charge in [-0.1, -0.05) is 12.1 Å². The standard InChI is InChI=1S/C24H32O10/c1-15(25)10-34-23-8-6-7-20(9-23)24(21(11-30-16(2)26)12-31-17(3)27)22(13-32-18(4)28)14-33-19(5)29/h6-9,21-22,24H,10-14H2,1-5H3. The molecule has 0 amide bonds. The third-order valence-electron chi connectivity index (χ3n) is 4.70. The summed E-state index contributed by atoms with van der Waals surface area (Å²) in [5.74, 6) is -3.56. The van der Waals surface area contributed by atoms with Gasteiger partial charge in [-0.15, -0.1) is 0 Å². The molecule has 0 N–H and O–H groups in total. The molecule has 0 aliphatic carbocycles. The second kappa shape index (κ2) is 14.7. The summed E-state index contributed by atoms with van der Waals surface area (Å²) in [4.78, 5) is 57.4. The molecule has 1 aromatic carbocycles. The third kappa shape index (κ3) is 11.4. The second-order valence-electron chi connectivity index (χ2n) is 7.82. The zero-order chi connectivity index (χ0) is 25.7. The lowest BCUT2D eigenvalue weighted by molar-refractivity contribution is -0.148. The highest BCUT2D eigenvalue weighted by Gasteiger charge is 2.34. The van der Waals surface area contributed by atoms with Crippen LogP contribution in [-0.4, -0.2) is 62.7 Å². The molecule has 0 saturated carbocycles. The highest BCUT2D eigenvalue weighted by molar-refractivity contribution is 5.77. The summed E-state index contributed by atoms with van der Waals surface area (Å²) in [6.07, 6.45) is 0. The first-order chi connectivity index (χ1) is 16.0. The summed E-state index contributed by atoms with van der Waals surface area (Å²) < 4.78 is 26.4. The molecule has 0 fully saturated rings. The predicted molar refractivity (Wildman–Crippen MR) is 119 cm³/mol. The Bertz CT molecular complexity index is 787. The number of rotatable bonds is 14. The molecule has 0 radical (unpaired) electrons. The maximum atomic E-state index is 11.5. The Labute approximate surface area is 198 Å². The van der Waals surface area contributed by atoms with Gasteiger partial charge in [0.05, 0.1) is 26.4 Å². The van der Waals surface area contributed by atoms with E-state index in [1.54, 1.807) is 24.3 Å². The fourth-order valence-electron chi connectivity index (χ4n) is 3.33. The average molecular weight is 481 g/mol. The summed E-state index contributed by atoms with van der Waals surface area (Å²) >= 11 is 0. The van der Waals surface area contributed by atoms with Crippen molar-refractivity contribution in [1.82, 2.24) is 0 Å². The average Bonchev–Trinajstić information content (AvgIpc) is 2.74. The lowest BCUT2D eigenvalue weighted by Gasteiger charge is -2.33. The van der Waals surface area contributed by atoms with Crippen LogP contribution in [0, 0.1) is 11.8 Å². The van der Waals surface area contributed by atoms with E-state index in [1.807, 2.05) is 0 Å². The van der Waals surface area contributed by atoms with Crippen molar-refractivity contribution in [2.45, 2.75) is 40.5 Å². The van der Waals surface area contributed by atoms with E-state index in [0.717, 1.165) is 0 Å². The summed E-state index contributed by atoms with van der Waals surface area (Å²) in [6.45, 7) is 5.85. The molecule has 10 nitrogen and oxygen atoms in total. The van der Waals surface area contributed by atoms with Crippen LogP contribution in [0.5, 0.6) is 5.75 Å². The van der Waals surface area contributed by atoms with Gasteiger partial charge < -0.3 is 23.7 Å². The van der Waals surface area contributed by atoms with Crippen LogP contribution in [0.25, 0.3) is 0 Å². The number of benzene rings is 1. The molecular formula is C24H32O10. The molecule has 1 rings (SSSR count). The molecule has 0 heterocycles. The number of carbonyl (C=O) groups is 5. The van der Waals surface area contributed by atoms with Gasteiger partial charge in [0.2, 0.25) is 0 Å². The van der Waals surface area contributed by atoms with Crippen molar-refractivity contribution in [1.29, 1.82) is 0 Å². The van der Waals surface area contributed by atoms with Crippen LogP contribution in [0.2, 0.25) is 0 Å². The molecule has 10 heteroatoms. The Balaban J connectivity index is 3.46. The zero-order valence-corrected chi connectivity index (χ0v) is 20.2. The highest BCUT2D eigenvalue weighted by Crippen LogP contribution is 2.36. The summed E-state index contributed by atoms with van der Waals surface area (Å²) in [6, 6.07) is 6.84. The predicted octanol–water partition coefficient (Wildman–Crippen LogP) is 2.22. The molecule has 34 heavy (non-hydrogen) atoms. The van der Waals surface area contributed by atoms with E-state index < -0.39 is 41.6 Å². The molecule has 0 spiro atoms. The second-order valence-corrected chi connectivity index (χ2v) is 7.82. The van der Waals surface area contributed by atoms with Crippen molar-refractivity contribution >= 4 is 29.7 Å². The normalized spacial score (nSPS) is 10.7. The number of Topliss-reactive ketones (excluding diaryl/α,β-unsaturated/α-hetero) is 1. The van der Waals surface area contributed by atoms with Gasteiger partial charge in [0.25, 0.3) is 0 Å². The molecule has 0 aromatic heterocycles. The molecule has 0 saturated heterocycles. The summed E-state index contributed by atoms with van der Waals surface area (Å²) in [7, 11) is 0. The quantitative estimate of drug-likeness (QED) is 0.288. The largest absolute Gasteiger partial charge is 0.486 e. The lowest BCUT2D eigenvalue weighted by Crippen LogP contribution is -2.35. The van der Waals surface area contributed by atoms with Gasteiger partial charge in [0.15, 0.2) is 5.78 Å². The van der Waals surface area contributed by atoms with Crippen LogP contribution in [0.1, 0.15) is 46.1 Å². The van der Waals surface area contributed by atoms with Crippen LogP contribution >= 0.6 is 0 Å². The van der Waals surface area contributed by atoms with E-state index in [-0.39, 0.29) is 38.8 Å². The topological polar surface area (TPSA) is 132 Å². The van der Waals surface area contributed by atoms with Gasteiger partial charge >= 0.3 is 23.9 Å². The SMILES string of the molecule is CC(=O)COc1cccc(C(C(COC(C)=O)COC(C)=O)C(COC(C)=O)COC(C)=O)c1. The Morgan fingerprint density at radius 2 is 1.09 bits per heavy atom. The molecular weight excluding hydrogens is 448 g/mol. The van der Waals surface area contributed by atoms with E-state index in [0.29, 0.717) is 11.3 Å². The number of ether oxygens (including phenoxy) is 5. The van der Waals surface area contributed by atoms with Gasteiger partial charge in [-0.25, -0.2) is 0 Å². The third-order valence-corrected chi connectivity index (χ3v) is 4.70. The van der Waals surface area contributed by atoms with E-state index in [9.17, 15) is 24.0 Å². The summed E-state index contributed by atoms with van der Waals surface area (Å²) in [5, 5.41) is 0. The molecule has 1 aromatic rings. The van der Waals surface area contributed by atoms with Gasteiger partial charge in [0, 0.05) is 45.4 Å². The van der Waals surface area contributed by atoms with Crippen molar-refractivity contribution in [3.05, 3.63) is 29.8 Å². The zero-order valence-electron chi connectivity index (χ0n) is 20.2. The molecule has 0 aliphatic rings. The van der Waals surface area contributed by atoms with E-state index >= 15 is 0 Å². The maximum absolute atomic E-state index is 11.5. The first-order valence-electron chi connectivity index (χ1n) is 10.7. The van der Waals surface area contributed by atoms with Gasteiger partial charge in [-0.2, -0.15) is 0 Å². The van der Waals surface area contributed by atoms with Crippen molar-refractivity contribution < 1.29 is 47.7 Å². The van der Waals surface area contributed by atoms with Gasteiger partial charge in [0.1, 0.15) is 12.4 Å². The number of carbonyl (C=O) groups excluding carboxylic acids is 5. The van der Waals surface area contributed by atoms with Crippen LogP contribution in [0.4, 0.5) is 0 Å².